The quantitative estimate of drug-likeness (QED) is 0.244. The highest BCUT2D eigenvalue weighted by molar-refractivity contribution is 7.38. The van der Waals surface area contributed by atoms with E-state index in [9.17, 15) is 4.79 Å². The number of hydrogen-bond acceptors (Lipinski definition) is 11. The van der Waals surface area contributed by atoms with E-state index < -0.39 is 8.60 Å². The highest BCUT2D eigenvalue weighted by atomic mass is 35.5. The van der Waals surface area contributed by atoms with Gasteiger partial charge < -0.3 is 34.6 Å². The van der Waals surface area contributed by atoms with Gasteiger partial charge in [-0.1, -0.05) is 0 Å². The van der Waals surface area contributed by atoms with Crippen LogP contribution < -0.4 is 5.32 Å². The lowest BCUT2D eigenvalue weighted by Crippen LogP contribution is -2.14. The van der Waals surface area contributed by atoms with Crippen LogP contribution in [0.3, 0.4) is 0 Å². The summed E-state index contributed by atoms with van der Waals surface area (Å²) >= 11 is 5.97. The fourth-order valence-corrected chi connectivity index (χ4v) is 2.78. The van der Waals surface area contributed by atoms with Crippen LogP contribution in [0.2, 0.25) is 5.28 Å². The Hall–Kier alpha value is -1.66. The monoisotopic (exact) mass is 467 g/mol. The van der Waals surface area contributed by atoms with E-state index in [1.807, 2.05) is 11.5 Å². The molecule has 30 heavy (non-hydrogen) atoms. The number of aliphatic hydroxyl groups excluding tert-OH is 1. The maximum atomic E-state index is 9.82. The van der Waals surface area contributed by atoms with Crippen molar-refractivity contribution in [3.63, 3.8) is 0 Å². The molecule has 1 aliphatic rings. The summed E-state index contributed by atoms with van der Waals surface area (Å²) in [6, 6.07) is 0. The zero-order valence-corrected chi connectivity index (χ0v) is 18.5. The summed E-state index contributed by atoms with van der Waals surface area (Å²) in [4.78, 5) is 44.3. The standard InChI is InChI=1S/C12H16ClN5O2.C4H8O2.H3O3P/c1-2-14-10-9-11(17-12(13)16-10)18(6-15-9)8-4-3-7(5-19)20-8;1-3-6-4(2)5;1-4(2)3/h6-8,19H,2-5H2,1H3,(H,14,16,17);3H2,1-2H3;1-3H. The average Bonchev–Trinajstić information content (AvgIpc) is 3.28. The van der Waals surface area contributed by atoms with Gasteiger partial charge in [-0.05, 0) is 38.3 Å². The predicted octanol–water partition coefficient (Wildman–Crippen LogP) is 1.34. The van der Waals surface area contributed by atoms with Crippen molar-refractivity contribution < 1.29 is 34.1 Å². The Bertz CT molecular complexity index is 792. The van der Waals surface area contributed by atoms with E-state index in [1.54, 1.807) is 13.3 Å². The van der Waals surface area contributed by atoms with Gasteiger partial charge in [-0.2, -0.15) is 9.97 Å². The summed E-state index contributed by atoms with van der Waals surface area (Å²) in [5, 5.41) is 12.4. The molecule has 2 atom stereocenters. The second-order valence-electron chi connectivity index (χ2n) is 5.86. The lowest BCUT2D eigenvalue weighted by molar-refractivity contribution is -0.140. The zero-order chi connectivity index (χ0) is 22.7. The number of rotatable bonds is 5. The normalized spacial score (nSPS) is 17.8. The van der Waals surface area contributed by atoms with Gasteiger partial charge in [-0.3, -0.25) is 9.36 Å². The van der Waals surface area contributed by atoms with Gasteiger partial charge in [0.15, 0.2) is 17.0 Å². The summed E-state index contributed by atoms with van der Waals surface area (Å²) in [5.74, 6) is 0.412. The SMILES string of the molecule is CCNc1nc(Cl)nc2c1ncn2C1CCC(CO)O1.CCOC(C)=O.OP(O)O. The van der Waals surface area contributed by atoms with E-state index in [1.165, 1.54) is 6.92 Å². The number of aromatic nitrogens is 4. The van der Waals surface area contributed by atoms with Gasteiger partial charge in [0.25, 0.3) is 0 Å². The van der Waals surface area contributed by atoms with E-state index in [4.69, 9.17) is 36.1 Å². The van der Waals surface area contributed by atoms with Crippen LogP contribution in [-0.4, -0.2) is 71.1 Å². The van der Waals surface area contributed by atoms with Crippen molar-refractivity contribution in [1.82, 2.24) is 19.5 Å². The number of nitrogens with zero attached hydrogens (tertiary/aromatic N) is 4. The number of carbonyl (C=O) groups excluding carboxylic acids is 1. The highest BCUT2D eigenvalue weighted by Crippen LogP contribution is 2.31. The first-order chi connectivity index (χ1) is 14.2. The lowest BCUT2D eigenvalue weighted by Gasteiger charge is -2.14. The number of carbonyl (C=O) groups is 1. The van der Waals surface area contributed by atoms with Crippen LogP contribution in [0.1, 0.15) is 39.8 Å². The number of anilines is 1. The third kappa shape index (κ3) is 8.60. The number of esters is 1. The number of halogens is 1. The largest absolute Gasteiger partial charge is 0.466 e. The molecule has 1 fully saturated rings. The van der Waals surface area contributed by atoms with Gasteiger partial charge in [-0.25, -0.2) is 4.98 Å². The number of ether oxygens (including phenoxy) is 2. The zero-order valence-electron chi connectivity index (χ0n) is 16.9. The lowest BCUT2D eigenvalue weighted by atomic mass is 10.2. The molecule has 170 valence electrons. The second-order valence-corrected chi connectivity index (χ2v) is 6.74. The van der Waals surface area contributed by atoms with Crippen molar-refractivity contribution in [3.8, 4) is 0 Å². The number of nitrogens with one attached hydrogen (secondary N) is 1. The van der Waals surface area contributed by atoms with Gasteiger partial charge in [0.2, 0.25) is 5.28 Å². The Labute approximate surface area is 179 Å². The van der Waals surface area contributed by atoms with E-state index in [2.05, 4.69) is 25.0 Å². The molecule has 2 aromatic rings. The van der Waals surface area contributed by atoms with Crippen LogP contribution in [0.4, 0.5) is 5.82 Å². The molecule has 3 rings (SSSR count). The Kier molecular flexibility index (Phi) is 12.0. The summed E-state index contributed by atoms with van der Waals surface area (Å²) in [7, 11) is -2.62. The highest BCUT2D eigenvalue weighted by Gasteiger charge is 2.28. The number of aliphatic hydroxyl groups is 1. The average molecular weight is 468 g/mol. The van der Waals surface area contributed by atoms with Crippen molar-refractivity contribution in [2.45, 2.75) is 45.9 Å². The fourth-order valence-electron chi connectivity index (χ4n) is 2.62. The molecule has 0 saturated carbocycles. The van der Waals surface area contributed by atoms with Gasteiger partial charge in [0, 0.05) is 13.5 Å². The molecular formula is C16H27ClN5O7P. The van der Waals surface area contributed by atoms with Gasteiger partial charge in [0.1, 0.15) is 6.23 Å². The smallest absolute Gasteiger partial charge is 0.324 e. The van der Waals surface area contributed by atoms with Crippen LogP contribution in [0.25, 0.3) is 11.2 Å². The van der Waals surface area contributed by atoms with Gasteiger partial charge in [0.05, 0.1) is 25.6 Å². The van der Waals surface area contributed by atoms with Crippen molar-refractivity contribution in [3.05, 3.63) is 11.6 Å². The molecule has 0 spiro atoms. The fraction of sp³-hybridized carbons (Fsp3) is 0.625. The van der Waals surface area contributed by atoms with Crippen molar-refractivity contribution >= 4 is 43.2 Å². The Balaban J connectivity index is 0.000000379. The minimum Gasteiger partial charge on any atom is -0.466 e. The summed E-state index contributed by atoms with van der Waals surface area (Å²) in [6.45, 7) is 6.38. The number of fused-ring (bicyclic) bond motifs is 1. The molecule has 3 heterocycles. The molecule has 0 aromatic carbocycles. The van der Waals surface area contributed by atoms with E-state index >= 15 is 0 Å². The summed E-state index contributed by atoms with van der Waals surface area (Å²) in [5.41, 5.74) is 1.32. The Morgan fingerprint density at radius 3 is 2.50 bits per heavy atom. The second kappa shape index (κ2) is 13.6. The minimum atomic E-state index is -2.62. The van der Waals surface area contributed by atoms with E-state index in [0.29, 0.717) is 23.6 Å². The molecule has 0 bridgehead atoms. The van der Waals surface area contributed by atoms with Gasteiger partial charge >= 0.3 is 14.6 Å². The van der Waals surface area contributed by atoms with E-state index in [-0.39, 0.29) is 30.2 Å². The van der Waals surface area contributed by atoms with Crippen LogP contribution in [0.5, 0.6) is 0 Å². The Morgan fingerprint density at radius 1 is 1.37 bits per heavy atom. The molecule has 0 radical (unpaired) electrons. The first kappa shape index (κ1) is 26.4. The van der Waals surface area contributed by atoms with Crippen molar-refractivity contribution in [2.75, 3.05) is 25.1 Å². The van der Waals surface area contributed by atoms with Crippen LogP contribution in [0.15, 0.2) is 6.33 Å². The van der Waals surface area contributed by atoms with Crippen LogP contribution in [0, 0.1) is 0 Å². The molecule has 0 aliphatic carbocycles. The molecule has 1 aliphatic heterocycles. The summed E-state index contributed by atoms with van der Waals surface area (Å²) < 4.78 is 12.0. The predicted molar refractivity (Wildman–Crippen MR) is 111 cm³/mol. The molecule has 5 N–H and O–H groups in total. The number of hydrogen-bond donors (Lipinski definition) is 5. The van der Waals surface area contributed by atoms with E-state index in [0.717, 1.165) is 19.4 Å². The van der Waals surface area contributed by atoms with Gasteiger partial charge in [-0.15, -0.1) is 0 Å². The summed E-state index contributed by atoms with van der Waals surface area (Å²) in [6.07, 6.45) is 3.02. The number of imidazole rings is 1. The third-order valence-corrected chi connectivity index (χ3v) is 3.85. The molecule has 14 heteroatoms. The third-order valence-electron chi connectivity index (χ3n) is 3.68. The molecular weight excluding hydrogens is 441 g/mol. The van der Waals surface area contributed by atoms with Crippen LogP contribution in [-0.2, 0) is 14.3 Å². The van der Waals surface area contributed by atoms with Crippen molar-refractivity contribution in [2.24, 2.45) is 0 Å². The molecule has 2 aromatic heterocycles. The maximum absolute atomic E-state index is 9.82. The molecule has 0 amide bonds. The van der Waals surface area contributed by atoms with Crippen LogP contribution >= 0.6 is 20.2 Å². The maximum Gasteiger partial charge on any atom is 0.324 e. The first-order valence-electron chi connectivity index (χ1n) is 9.13. The molecule has 1 saturated heterocycles. The van der Waals surface area contributed by atoms with Crippen molar-refractivity contribution in [1.29, 1.82) is 0 Å². The minimum absolute atomic E-state index is 0.0293. The first-order valence-corrected chi connectivity index (χ1v) is 10.7. The molecule has 12 nitrogen and oxygen atoms in total. The molecule has 2 unspecified atom stereocenters. The Morgan fingerprint density at radius 2 is 2.03 bits per heavy atom. The topological polar surface area (TPSA) is 172 Å².